The lowest BCUT2D eigenvalue weighted by molar-refractivity contribution is 0.470. The Hall–Kier alpha value is -0.820. The van der Waals surface area contributed by atoms with Gasteiger partial charge in [0.25, 0.3) is 0 Å². The highest BCUT2D eigenvalue weighted by Gasteiger charge is 2.29. The van der Waals surface area contributed by atoms with Gasteiger partial charge in [-0.2, -0.15) is 0 Å². The number of hydrogen-bond acceptors (Lipinski definition) is 1. The van der Waals surface area contributed by atoms with Crippen LogP contribution in [0.2, 0.25) is 0 Å². The van der Waals surface area contributed by atoms with Gasteiger partial charge >= 0.3 is 0 Å². The van der Waals surface area contributed by atoms with E-state index in [-0.39, 0.29) is 0 Å². The molecule has 0 heterocycles. The van der Waals surface area contributed by atoms with Crippen LogP contribution in [-0.2, 0) is 6.42 Å². The van der Waals surface area contributed by atoms with Crippen LogP contribution in [0, 0.1) is 5.92 Å². The van der Waals surface area contributed by atoms with Gasteiger partial charge in [-0.25, -0.2) is 0 Å². The second-order valence-corrected chi connectivity index (χ2v) is 5.67. The van der Waals surface area contributed by atoms with E-state index in [1.807, 2.05) is 0 Å². The predicted molar refractivity (Wildman–Crippen MR) is 74.4 cm³/mol. The number of rotatable bonds is 6. The van der Waals surface area contributed by atoms with Crippen LogP contribution in [0.3, 0.4) is 0 Å². The quantitative estimate of drug-likeness (QED) is 0.786. The fourth-order valence-corrected chi connectivity index (χ4v) is 2.51. The second-order valence-electron chi connectivity index (χ2n) is 5.67. The molecule has 1 aromatic carbocycles. The van der Waals surface area contributed by atoms with Crippen molar-refractivity contribution in [2.45, 2.75) is 51.5 Å². The van der Waals surface area contributed by atoms with E-state index in [1.54, 1.807) is 0 Å². The van der Waals surface area contributed by atoms with Gasteiger partial charge in [0.05, 0.1) is 0 Å². The molecule has 1 aliphatic rings. The van der Waals surface area contributed by atoms with Crippen LogP contribution in [-0.4, -0.2) is 13.1 Å². The van der Waals surface area contributed by atoms with Gasteiger partial charge in [-0.15, -0.1) is 0 Å². The van der Waals surface area contributed by atoms with Gasteiger partial charge in [-0.1, -0.05) is 38.1 Å². The summed E-state index contributed by atoms with van der Waals surface area (Å²) in [5, 5.41) is 3.46. The molecule has 0 amide bonds. The van der Waals surface area contributed by atoms with Crippen LogP contribution in [0.5, 0.6) is 0 Å². The van der Waals surface area contributed by atoms with E-state index < -0.39 is 0 Å². The third-order valence-electron chi connectivity index (χ3n) is 3.95. The van der Waals surface area contributed by atoms with Crippen molar-refractivity contribution in [2.24, 2.45) is 5.92 Å². The maximum atomic E-state index is 3.46. The zero-order chi connectivity index (χ0) is 12.3. The SMILES string of the molecule is CNC(CCc1ccc(C(C)C)cc1)C1CC1. The molecule has 1 aliphatic carbocycles. The minimum Gasteiger partial charge on any atom is -0.317 e. The third-order valence-corrected chi connectivity index (χ3v) is 3.95. The Balaban J connectivity index is 1.85. The van der Waals surface area contributed by atoms with E-state index >= 15 is 0 Å². The molecule has 17 heavy (non-hydrogen) atoms. The Morgan fingerprint density at radius 1 is 1.18 bits per heavy atom. The van der Waals surface area contributed by atoms with Gasteiger partial charge < -0.3 is 5.32 Å². The minimum absolute atomic E-state index is 0.639. The van der Waals surface area contributed by atoms with Crippen molar-refractivity contribution < 1.29 is 0 Å². The van der Waals surface area contributed by atoms with Crippen molar-refractivity contribution in [1.29, 1.82) is 0 Å². The minimum atomic E-state index is 0.639. The maximum absolute atomic E-state index is 3.46. The Kier molecular flexibility index (Phi) is 4.22. The predicted octanol–water partition coefficient (Wildman–Crippen LogP) is 3.74. The fourth-order valence-electron chi connectivity index (χ4n) is 2.51. The molecule has 1 aromatic rings. The summed E-state index contributed by atoms with van der Waals surface area (Å²) in [6.07, 6.45) is 5.35. The van der Waals surface area contributed by atoms with Gasteiger partial charge in [-0.3, -0.25) is 0 Å². The average Bonchev–Trinajstić information content (AvgIpc) is 3.15. The van der Waals surface area contributed by atoms with Crippen molar-refractivity contribution in [2.75, 3.05) is 7.05 Å². The van der Waals surface area contributed by atoms with Crippen LogP contribution >= 0.6 is 0 Å². The Morgan fingerprint density at radius 3 is 2.29 bits per heavy atom. The highest BCUT2D eigenvalue weighted by molar-refractivity contribution is 5.24. The van der Waals surface area contributed by atoms with E-state index in [2.05, 4.69) is 50.5 Å². The largest absolute Gasteiger partial charge is 0.317 e. The molecular weight excluding hydrogens is 206 g/mol. The van der Waals surface area contributed by atoms with Crippen LogP contribution in [0.1, 0.15) is 50.2 Å². The third kappa shape index (κ3) is 3.57. The van der Waals surface area contributed by atoms with Crippen LogP contribution in [0.15, 0.2) is 24.3 Å². The summed E-state index contributed by atoms with van der Waals surface area (Å²) in [5.74, 6) is 1.59. The van der Waals surface area contributed by atoms with Crippen molar-refractivity contribution in [3.8, 4) is 0 Å². The number of nitrogens with one attached hydrogen (secondary N) is 1. The first-order valence-electron chi connectivity index (χ1n) is 6.97. The second kappa shape index (κ2) is 5.68. The Labute approximate surface area is 106 Å². The van der Waals surface area contributed by atoms with Crippen molar-refractivity contribution >= 4 is 0 Å². The molecule has 1 N–H and O–H groups in total. The van der Waals surface area contributed by atoms with Crippen LogP contribution in [0.25, 0.3) is 0 Å². The van der Waals surface area contributed by atoms with E-state index in [1.165, 1.54) is 36.8 Å². The van der Waals surface area contributed by atoms with Gasteiger partial charge in [-0.05, 0) is 55.7 Å². The lowest BCUT2D eigenvalue weighted by Gasteiger charge is -2.15. The molecule has 1 heteroatoms. The van der Waals surface area contributed by atoms with E-state index in [9.17, 15) is 0 Å². The normalized spacial score (nSPS) is 17.4. The van der Waals surface area contributed by atoms with Gasteiger partial charge in [0.1, 0.15) is 0 Å². The molecule has 2 rings (SSSR count). The van der Waals surface area contributed by atoms with E-state index in [0.29, 0.717) is 5.92 Å². The molecule has 1 unspecified atom stereocenters. The molecule has 1 atom stereocenters. The molecule has 1 fully saturated rings. The highest BCUT2D eigenvalue weighted by Crippen LogP contribution is 2.34. The lowest BCUT2D eigenvalue weighted by Crippen LogP contribution is -2.27. The van der Waals surface area contributed by atoms with Gasteiger partial charge in [0, 0.05) is 6.04 Å². The molecule has 0 aliphatic heterocycles. The number of benzene rings is 1. The van der Waals surface area contributed by atoms with Gasteiger partial charge in [0.15, 0.2) is 0 Å². The Bertz CT molecular complexity index is 335. The highest BCUT2D eigenvalue weighted by atomic mass is 14.9. The van der Waals surface area contributed by atoms with Crippen molar-refractivity contribution in [3.63, 3.8) is 0 Å². The molecule has 1 saturated carbocycles. The molecule has 0 aromatic heterocycles. The molecule has 0 bridgehead atoms. The summed E-state index contributed by atoms with van der Waals surface area (Å²) in [4.78, 5) is 0. The fraction of sp³-hybridized carbons (Fsp3) is 0.625. The monoisotopic (exact) mass is 231 g/mol. The molecule has 94 valence electrons. The summed E-state index contributed by atoms with van der Waals surface area (Å²) in [6, 6.07) is 9.90. The molecule has 0 spiro atoms. The zero-order valence-corrected chi connectivity index (χ0v) is 11.4. The zero-order valence-electron chi connectivity index (χ0n) is 11.4. The summed E-state index contributed by atoms with van der Waals surface area (Å²) >= 11 is 0. The van der Waals surface area contributed by atoms with E-state index in [4.69, 9.17) is 0 Å². The summed E-state index contributed by atoms with van der Waals surface area (Å²) in [6.45, 7) is 4.50. The first-order valence-corrected chi connectivity index (χ1v) is 6.97. The molecule has 1 nitrogen and oxygen atoms in total. The lowest BCUT2D eigenvalue weighted by atomic mass is 9.98. The molecular formula is C16H25N. The summed E-state index contributed by atoms with van der Waals surface area (Å²) in [7, 11) is 2.10. The topological polar surface area (TPSA) is 12.0 Å². The average molecular weight is 231 g/mol. The summed E-state index contributed by atoms with van der Waals surface area (Å²) in [5.41, 5.74) is 2.93. The maximum Gasteiger partial charge on any atom is 0.00954 e. The standard InChI is InChI=1S/C16H25N/c1-12(2)14-7-4-13(5-8-14)6-11-16(17-3)15-9-10-15/h4-5,7-8,12,15-17H,6,9-11H2,1-3H3. The first-order chi connectivity index (χ1) is 8.20. The van der Waals surface area contributed by atoms with Crippen LogP contribution < -0.4 is 5.32 Å². The van der Waals surface area contributed by atoms with Crippen molar-refractivity contribution in [1.82, 2.24) is 5.32 Å². The smallest absolute Gasteiger partial charge is 0.00954 e. The van der Waals surface area contributed by atoms with Crippen molar-refractivity contribution in [3.05, 3.63) is 35.4 Å². The number of hydrogen-bond donors (Lipinski definition) is 1. The molecule has 0 radical (unpaired) electrons. The Morgan fingerprint density at radius 2 is 1.82 bits per heavy atom. The van der Waals surface area contributed by atoms with E-state index in [0.717, 1.165) is 12.0 Å². The molecule has 0 saturated heterocycles. The van der Waals surface area contributed by atoms with Crippen LogP contribution in [0.4, 0.5) is 0 Å². The van der Waals surface area contributed by atoms with Gasteiger partial charge in [0.2, 0.25) is 0 Å². The number of aryl methyl sites for hydroxylation is 1. The first kappa shape index (κ1) is 12.6. The summed E-state index contributed by atoms with van der Waals surface area (Å²) < 4.78 is 0.